The van der Waals surface area contributed by atoms with Crippen molar-refractivity contribution in [2.45, 2.75) is 24.3 Å². The van der Waals surface area contributed by atoms with Crippen molar-refractivity contribution in [1.82, 2.24) is 10.0 Å². The lowest BCUT2D eigenvalue weighted by Crippen LogP contribution is -2.50. The van der Waals surface area contributed by atoms with Crippen molar-refractivity contribution in [3.05, 3.63) is 29.8 Å². The van der Waals surface area contributed by atoms with Crippen LogP contribution >= 0.6 is 0 Å². The van der Waals surface area contributed by atoms with Gasteiger partial charge in [-0.1, -0.05) is 6.92 Å². The summed E-state index contributed by atoms with van der Waals surface area (Å²) in [5.41, 5.74) is 0. The number of halogens is 2. The molecule has 1 heterocycles. The standard InChI is InChI=1S/C12H16F2N2O2S/c1-8-4-5-15-7-11(8)16-19(17,18)12-3-2-9(13)6-10(12)14/h2-3,6,8,11,15-16H,4-5,7H2,1H3/t8-,11-/m1/s1. The Kier molecular flexibility index (Phi) is 4.17. The summed E-state index contributed by atoms with van der Waals surface area (Å²) in [6.45, 7) is 3.28. The quantitative estimate of drug-likeness (QED) is 0.880. The molecule has 1 aliphatic rings. The summed E-state index contributed by atoms with van der Waals surface area (Å²) >= 11 is 0. The second-order valence-electron chi connectivity index (χ2n) is 4.77. The lowest BCUT2D eigenvalue weighted by atomic mass is 9.96. The van der Waals surface area contributed by atoms with Gasteiger partial charge in [0.15, 0.2) is 0 Å². The number of benzene rings is 1. The smallest absolute Gasteiger partial charge is 0.243 e. The van der Waals surface area contributed by atoms with Crippen LogP contribution in [0.5, 0.6) is 0 Å². The first-order chi connectivity index (χ1) is 8.90. The van der Waals surface area contributed by atoms with Crippen molar-refractivity contribution in [3.63, 3.8) is 0 Å². The molecular weight excluding hydrogens is 274 g/mol. The lowest BCUT2D eigenvalue weighted by molar-refractivity contribution is 0.327. The van der Waals surface area contributed by atoms with Crippen LogP contribution in [0.25, 0.3) is 0 Å². The highest BCUT2D eigenvalue weighted by molar-refractivity contribution is 7.89. The van der Waals surface area contributed by atoms with Gasteiger partial charge in [-0.2, -0.15) is 0 Å². The maximum atomic E-state index is 13.5. The molecular formula is C12H16F2N2O2S. The van der Waals surface area contributed by atoms with Gasteiger partial charge in [-0.3, -0.25) is 0 Å². The Bertz CT molecular complexity index is 563. The van der Waals surface area contributed by atoms with Crippen molar-refractivity contribution in [2.24, 2.45) is 5.92 Å². The fourth-order valence-electron chi connectivity index (χ4n) is 2.10. The highest BCUT2D eigenvalue weighted by Gasteiger charge is 2.28. The van der Waals surface area contributed by atoms with Crippen LogP contribution in [0.2, 0.25) is 0 Å². The molecule has 1 saturated heterocycles. The number of nitrogens with one attached hydrogen (secondary N) is 2. The fourth-order valence-corrected chi connectivity index (χ4v) is 3.51. The van der Waals surface area contributed by atoms with Gasteiger partial charge in [0, 0.05) is 18.7 Å². The van der Waals surface area contributed by atoms with Crippen LogP contribution in [0.1, 0.15) is 13.3 Å². The van der Waals surface area contributed by atoms with Gasteiger partial charge < -0.3 is 5.32 Å². The summed E-state index contributed by atoms with van der Waals surface area (Å²) in [6, 6.07) is 2.15. The first-order valence-electron chi connectivity index (χ1n) is 6.08. The monoisotopic (exact) mass is 290 g/mol. The zero-order valence-electron chi connectivity index (χ0n) is 10.5. The van der Waals surface area contributed by atoms with Gasteiger partial charge in [0.25, 0.3) is 0 Å². The Morgan fingerprint density at radius 1 is 1.37 bits per heavy atom. The van der Waals surface area contributed by atoms with Gasteiger partial charge in [0.2, 0.25) is 10.0 Å². The Morgan fingerprint density at radius 3 is 2.74 bits per heavy atom. The van der Waals surface area contributed by atoms with Crippen molar-refractivity contribution in [3.8, 4) is 0 Å². The minimum absolute atomic E-state index is 0.166. The second kappa shape index (κ2) is 5.52. The topological polar surface area (TPSA) is 58.2 Å². The molecule has 0 saturated carbocycles. The average molecular weight is 290 g/mol. The Balaban J connectivity index is 2.22. The average Bonchev–Trinajstić information content (AvgIpc) is 2.31. The molecule has 1 aromatic rings. The van der Waals surface area contributed by atoms with Crippen molar-refractivity contribution >= 4 is 10.0 Å². The SMILES string of the molecule is C[C@@H]1CCNC[C@H]1NS(=O)(=O)c1ccc(F)cc1F. The van der Waals surface area contributed by atoms with Crippen LogP contribution < -0.4 is 10.0 Å². The van der Waals surface area contributed by atoms with E-state index in [2.05, 4.69) is 10.0 Å². The largest absolute Gasteiger partial charge is 0.315 e. The molecule has 0 unspecified atom stereocenters. The molecule has 1 aliphatic heterocycles. The molecule has 0 radical (unpaired) electrons. The molecule has 7 heteroatoms. The van der Waals surface area contributed by atoms with E-state index in [9.17, 15) is 17.2 Å². The van der Waals surface area contributed by atoms with E-state index in [1.54, 1.807) is 0 Å². The highest BCUT2D eigenvalue weighted by Crippen LogP contribution is 2.18. The predicted octanol–water partition coefficient (Wildman–Crippen LogP) is 1.24. The van der Waals surface area contributed by atoms with Gasteiger partial charge in [0.1, 0.15) is 16.5 Å². The number of rotatable bonds is 3. The normalized spacial score (nSPS) is 24.4. The van der Waals surface area contributed by atoms with E-state index in [-0.39, 0.29) is 12.0 Å². The second-order valence-corrected chi connectivity index (χ2v) is 6.46. The Hall–Kier alpha value is -1.05. The van der Waals surface area contributed by atoms with Crippen molar-refractivity contribution in [2.75, 3.05) is 13.1 Å². The zero-order valence-corrected chi connectivity index (χ0v) is 11.3. The minimum Gasteiger partial charge on any atom is -0.315 e. The van der Waals surface area contributed by atoms with Gasteiger partial charge in [0.05, 0.1) is 0 Å². The van der Waals surface area contributed by atoms with E-state index in [0.29, 0.717) is 12.6 Å². The third kappa shape index (κ3) is 3.29. The first-order valence-corrected chi connectivity index (χ1v) is 7.56. The molecule has 2 N–H and O–H groups in total. The lowest BCUT2D eigenvalue weighted by Gasteiger charge is -2.30. The van der Waals surface area contributed by atoms with Crippen LogP contribution in [0, 0.1) is 17.6 Å². The molecule has 0 aliphatic carbocycles. The number of sulfonamides is 1. The predicted molar refractivity (Wildman–Crippen MR) is 67.1 cm³/mol. The van der Waals surface area contributed by atoms with E-state index in [1.807, 2.05) is 6.92 Å². The molecule has 0 spiro atoms. The Labute approximate surface area is 111 Å². The summed E-state index contributed by atoms with van der Waals surface area (Å²) in [5.74, 6) is -1.72. The molecule has 2 rings (SSSR count). The summed E-state index contributed by atoms with van der Waals surface area (Å²) in [6.07, 6.45) is 0.846. The molecule has 0 aromatic heterocycles. The van der Waals surface area contributed by atoms with Gasteiger partial charge in [-0.25, -0.2) is 21.9 Å². The van der Waals surface area contributed by atoms with Crippen molar-refractivity contribution < 1.29 is 17.2 Å². The third-order valence-electron chi connectivity index (χ3n) is 3.32. The van der Waals surface area contributed by atoms with Gasteiger partial charge >= 0.3 is 0 Å². The molecule has 1 aromatic carbocycles. The number of hydrogen-bond donors (Lipinski definition) is 2. The zero-order chi connectivity index (χ0) is 14.0. The highest BCUT2D eigenvalue weighted by atomic mass is 32.2. The molecule has 0 amide bonds. The molecule has 0 bridgehead atoms. The fraction of sp³-hybridized carbons (Fsp3) is 0.500. The van der Waals surface area contributed by atoms with E-state index in [1.165, 1.54) is 0 Å². The van der Waals surface area contributed by atoms with Crippen LogP contribution in [0.15, 0.2) is 23.1 Å². The maximum Gasteiger partial charge on any atom is 0.243 e. The third-order valence-corrected chi connectivity index (χ3v) is 4.84. The van der Waals surface area contributed by atoms with E-state index >= 15 is 0 Å². The van der Waals surface area contributed by atoms with Crippen LogP contribution in [0.3, 0.4) is 0 Å². The molecule has 1 fully saturated rings. The van der Waals surface area contributed by atoms with Gasteiger partial charge in [-0.05, 0) is 31.0 Å². The molecule has 2 atom stereocenters. The number of hydrogen-bond acceptors (Lipinski definition) is 3. The number of piperidine rings is 1. The summed E-state index contributed by atoms with van der Waals surface area (Å²) in [7, 11) is -3.97. The van der Waals surface area contributed by atoms with Crippen LogP contribution in [-0.4, -0.2) is 27.5 Å². The summed E-state index contributed by atoms with van der Waals surface area (Å²) < 4.78 is 52.9. The molecule has 106 valence electrons. The summed E-state index contributed by atoms with van der Waals surface area (Å²) in [4.78, 5) is -0.522. The van der Waals surface area contributed by atoms with Crippen LogP contribution in [-0.2, 0) is 10.0 Å². The van der Waals surface area contributed by atoms with Gasteiger partial charge in [-0.15, -0.1) is 0 Å². The first kappa shape index (κ1) is 14.4. The summed E-state index contributed by atoms with van der Waals surface area (Å²) in [5, 5.41) is 3.08. The van der Waals surface area contributed by atoms with E-state index in [0.717, 1.165) is 25.1 Å². The minimum atomic E-state index is -3.97. The van der Waals surface area contributed by atoms with Crippen molar-refractivity contribution in [1.29, 1.82) is 0 Å². The maximum absolute atomic E-state index is 13.5. The molecule has 19 heavy (non-hydrogen) atoms. The van der Waals surface area contributed by atoms with Crippen LogP contribution in [0.4, 0.5) is 8.78 Å². The molecule has 4 nitrogen and oxygen atoms in total. The van der Waals surface area contributed by atoms with E-state index < -0.39 is 26.6 Å². The van der Waals surface area contributed by atoms with E-state index in [4.69, 9.17) is 0 Å². The Morgan fingerprint density at radius 2 is 2.11 bits per heavy atom.